The summed E-state index contributed by atoms with van der Waals surface area (Å²) in [5, 5.41) is 16.1. The summed E-state index contributed by atoms with van der Waals surface area (Å²) < 4.78 is 0. The lowest BCUT2D eigenvalue weighted by Gasteiger charge is -2.22. The smallest absolute Gasteiger partial charge is 0.0954 e. The van der Waals surface area contributed by atoms with Crippen LogP contribution in [0, 0.1) is 6.92 Å². The SMILES string of the molecule is Cc1csc(CC(O)CNC(C)(C)C)n1. The molecule has 1 rings (SSSR count). The van der Waals surface area contributed by atoms with E-state index in [2.05, 4.69) is 31.1 Å². The van der Waals surface area contributed by atoms with E-state index in [0.717, 1.165) is 10.7 Å². The van der Waals surface area contributed by atoms with Gasteiger partial charge in [0.05, 0.1) is 11.1 Å². The van der Waals surface area contributed by atoms with Crippen LogP contribution in [-0.2, 0) is 6.42 Å². The fourth-order valence-corrected chi connectivity index (χ4v) is 2.04. The lowest BCUT2D eigenvalue weighted by atomic mass is 10.1. The molecule has 0 spiro atoms. The highest BCUT2D eigenvalue weighted by molar-refractivity contribution is 7.09. The van der Waals surface area contributed by atoms with Crippen molar-refractivity contribution in [2.75, 3.05) is 6.54 Å². The molecule has 0 saturated carbocycles. The van der Waals surface area contributed by atoms with E-state index in [4.69, 9.17) is 0 Å². The maximum absolute atomic E-state index is 9.78. The van der Waals surface area contributed by atoms with Crippen LogP contribution in [0.5, 0.6) is 0 Å². The van der Waals surface area contributed by atoms with Gasteiger partial charge in [-0.25, -0.2) is 4.98 Å². The van der Waals surface area contributed by atoms with Gasteiger partial charge in [-0.15, -0.1) is 11.3 Å². The molecule has 2 N–H and O–H groups in total. The van der Waals surface area contributed by atoms with Crippen LogP contribution in [0.1, 0.15) is 31.5 Å². The summed E-state index contributed by atoms with van der Waals surface area (Å²) in [6, 6.07) is 0. The average Bonchev–Trinajstić information content (AvgIpc) is 2.47. The van der Waals surface area contributed by atoms with E-state index in [1.165, 1.54) is 0 Å². The van der Waals surface area contributed by atoms with Crippen LogP contribution in [-0.4, -0.2) is 28.3 Å². The van der Waals surface area contributed by atoms with Gasteiger partial charge in [-0.2, -0.15) is 0 Å². The molecule has 4 heteroatoms. The second-order valence-corrected chi connectivity index (χ2v) is 5.81. The Labute approximate surface area is 95.6 Å². The molecule has 86 valence electrons. The Morgan fingerprint density at radius 3 is 2.67 bits per heavy atom. The number of hydrogen-bond acceptors (Lipinski definition) is 4. The third kappa shape index (κ3) is 5.25. The summed E-state index contributed by atoms with van der Waals surface area (Å²) in [6.07, 6.45) is 0.288. The second-order valence-electron chi connectivity index (χ2n) is 4.87. The Bertz CT molecular complexity index is 304. The quantitative estimate of drug-likeness (QED) is 0.825. The first-order chi connectivity index (χ1) is 6.87. The molecule has 0 saturated heterocycles. The van der Waals surface area contributed by atoms with E-state index in [9.17, 15) is 5.11 Å². The van der Waals surface area contributed by atoms with E-state index in [1.807, 2.05) is 12.3 Å². The van der Waals surface area contributed by atoms with Crippen molar-refractivity contribution in [1.29, 1.82) is 0 Å². The van der Waals surface area contributed by atoms with Gasteiger partial charge in [0.15, 0.2) is 0 Å². The minimum Gasteiger partial charge on any atom is -0.391 e. The summed E-state index contributed by atoms with van der Waals surface area (Å²) in [7, 11) is 0. The maximum atomic E-state index is 9.78. The standard InChI is InChI=1S/C11H20N2OS/c1-8-7-15-10(13-8)5-9(14)6-12-11(2,3)4/h7,9,12,14H,5-6H2,1-4H3. The maximum Gasteiger partial charge on any atom is 0.0954 e. The van der Waals surface area contributed by atoms with Gasteiger partial charge in [0.2, 0.25) is 0 Å². The first-order valence-corrected chi connectivity index (χ1v) is 6.09. The number of aliphatic hydroxyl groups is 1. The van der Waals surface area contributed by atoms with Crippen molar-refractivity contribution in [3.63, 3.8) is 0 Å². The monoisotopic (exact) mass is 228 g/mol. The van der Waals surface area contributed by atoms with Crippen LogP contribution in [0.3, 0.4) is 0 Å². The molecule has 1 aromatic heterocycles. The normalized spacial score (nSPS) is 14.2. The molecule has 3 nitrogen and oxygen atoms in total. The van der Waals surface area contributed by atoms with Crippen molar-refractivity contribution in [2.45, 2.75) is 45.8 Å². The van der Waals surface area contributed by atoms with Gasteiger partial charge in [-0.1, -0.05) is 0 Å². The van der Waals surface area contributed by atoms with Crippen LogP contribution in [0.4, 0.5) is 0 Å². The third-order valence-corrected chi connectivity index (χ3v) is 2.93. The predicted molar refractivity (Wildman–Crippen MR) is 64.3 cm³/mol. The molecule has 1 heterocycles. The number of β-amino-alcohol motifs (C(OH)–C–C–N with tert-alkyl or cyclic N) is 1. The minimum absolute atomic E-state index is 0.0553. The molecular weight excluding hydrogens is 208 g/mol. The Hall–Kier alpha value is -0.450. The average molecular weight is 228 g/mol. The molecule has 0 fully saturated rings. The van der Waals surface area contributed by atoms with E-state index in [1.54, 1.807) is 11.3 Å². The number of hydrogen-bond donors (Lipinski definition) is 2. The molecule has 0 aliphatic rings. The number of thiazole rings is 1. The molecule has 0 bridgehead atoms. The van der Waals surface area contributed by atoms with Crippen LogP contribution >= 0.6 is 11.3 Å². The van der Waals surface area contributed by atoms with Crippen molar-refractivity contribution in [3.05, 3.63) is 16.1 Å². The van der Waals surface area contributed by atoms with Crippen LogP contribution in [0.2, 0.25) is 0 Å². The zero-order valence-corrected chi connectivity index (χ0v) is 10.7. The largest absolute Gasteiger partial charge is 0.391 e. The highest BCUT2D eigenvalue weighted by Gasteiger charge is 2.13. The summed E-state index contributed by atoms with van der Waals surface area (Å²) >= 11 is 1.61. The van der Waals surface area contributed by atoms with Gasteiger partial charge in [-0.05, 0) is 27.7 Å². The van der Waals surface area contributed by atoms with Gasteiger partial charge in [0.25, 0.3) is 0 Å². The Kier molecular flexibility index (Phi) is 4.25. The summed E-state index contributed by atoms with van der Waals surface area (Å²) in [6.45, 7) is 8.86. The first kappa shape index (κ1) is 12.6. The van der Waals surface area contributed by atoms with E-state index in [-0.39, 0.29) is 11.6 Å². The number of aromatic nitrogens is 1. The number of aryl methyl sites for hydroxylation is 1. The Morgan fingerprint density at radius 1 is 1.53 bits per heavy atom. The van der Waals surface area contributed by atoms with Crippen LogP contribution in [0.25, 0.3) is 0 Å². The Balaban J connectivity index is 2.33. The number of rotatable bonds is 4. The van der Waals surface area contributed by atoms with Crippen LogP contribution in [0.15, 0.2) is 5.38 Å². The zero-order chi connectivity index (χ0) is 11.5. The third-order valence-electron chi connectivity index (χ3n) is 1.94. The molecule has 0 radical (unpaired) electrons. The van der Waals surface area contributed by atoms with Gasteiger partial charge >= 0.3 is 0 Å². The molecule has 0 aromatic carbocycles. The molecule has 0 amide bonds. The lowest BCUT2D eigenvalue weighted by Crippen LogP contribution is -2.41. The van der Waals surface area contributed by atoms with Crippen molar-refractivity contribution < 1.29 is 5.11 Å². The summed E-state index contributed by atoms with van der Waals surface area (Å²) in [5.74, 6) is 0. The van der Waals surface area contributed by atoms with E-state index < -0.39 is 0 Å². The molecule has 1 atom stereocenters. The second kappa shape index (κ2) is 5.05. The lowest BCUT2D eigenvalue weighted by molar-refractivity contribution is 0.161. The zero-order valence-electron chi connectivity index (χ0n) is 9.87. The van der Waals surface area contributed by atoms with Gasteiger partial charge in [0, 0.05) is 29.6 Å². The highest BCUT2D eigenvalue weighted by atomic mass is 32.1. The molecule has 0 aliphatic heterocycles. The number of nitrogens with zero attached hydrogens (tertiary/aromatic N) is 1. The molecular formula is C11H20N2OS. The van der Waals surface area contributed by atoms with Crippen molar-refractivity contribution >= 4 is 11.3 Å². The van der Waals surface area contributed by atoms with Gasteiger partial charge in [0.1, 0.15) is 0 Å². The van der Waals surface area contributed by atoms with E-state index >= 15 is 0 Å². The van der Waals surface area contributed by atoms with Crippen molar-refractivity contribution in [1.82, 2.24) is 10.3 Å². The number of nitrogens with one attached hydrogen (secondary N) is 1. The van der Waals surface area contributed by atoms with Gasteiger partial charge in [-0.3, -0.25) is 0 Å². The van der Waals surface area contributed by atoms with Crippen molar-refractivity contribution in [3.8, 4) is 0 Å². The summed E-state index contributed by atoms with van der Waals surface area (Å²) in [5.41, 5.74) is 1.09. The van der Waals surface area contributed by atoms with Crippen molar-refractivity contribution in [2.24, 2.45) is 0 Å². The van der Waals surface area contributed by atoms with Crippen LogP contribution < -0.4 is 5.32 Å². The fraction of sp³-hybridized carbons (Fsp3) is 0.727. The van der Waals surface area contributed by atoms with Gasteiger partial charge < -0.3 is 10.4 Å². The molecule has 0 aliphatic carbocycles. The summed E-state index contributed by atoms with van der Waals surface area (Å²) in [4.78, 5) is 4.33. The fourth-order valence-electron chi connectivity index (χ4n) is 1.19. The molecule has 15 heavy (non-hydrogen) atoms. The topological polar surface area (TPSA) is 45.1 Å². The minimum atomic E-state index is -0.352. The first-order valence-electron chi connectivity index (χ1n) is 5.21. The Morgan fingerprint density at radius 2 is 2.20 bits per heavy atom. The van der Waals surface area contributed by atoms with E-state index in [0.29, 0.717) is 13.0 Å². The molecule has 1 unspecified atom stereocenters. The molecule has 1 aromatic rings. The highest BCUT2D eigenvalue weighted by Crippen LogP contribution is 2.11. The predicted octanol–water partition coefficient (Wildman–Crippen LogP) is 1.74. The number of aliphatic hydroxyl groups excluding tert-OH is 1.